The Morgan fingerprint density at radius 2 is 1.84 bits per heavy atom. The molecule has 1 saturated heterocycles. The van der Waals surface area contributed by atoms with Crippen molar-refractivity contribution < 1.29 is 9.53 Å². The van der Waals surface area contributed by atoms with E-state index in [9.17, 15) is 4.79 Å². The molecule has 2 aromatic rings. The van der Waals surface area contributed by atoms with E-state index in [1.165, 1.54) is 16.7 Å². The standard InChI is InChI=1S/C19H16ClNO2S2/c1-12(2)23-16-6-4-3-5-13(16)11-17-18(22)21(19(24)25-17)15-9-7-14(20)8-10-15/h3-12H,1-2H3/b17-11+. The Balaban J connectivity index is 1.92. The minimum Gasteiger partial charge on any atom is -0.490 e. The molecule has 128 valence electrons. The summed E-state index contributed by atoms with van der Waals surface area (Å²) in [5, 5.41) is 0.615. The zero-order valence-corrected chi connectivity index (χ0v) is 16.1. The summed E-state index contributed by atoms with van der Waals surface area (Å²) in [6, 6.07) is 14.7. The maximum absolute atomic E-state index is 12.8. The van der Waals surface area contributed by atoms with Gasteiger partial charge in [0.05, 0.1) is 16.7 Å². The summed E-state index contributed by atoms with van der Waals surface area (Å²) in [6.45, 7) is 3.94. The first-order valence-corrected chi connectivity index (χ1v) is 9.35. The topological polar surface area (TPSA) is 29.5 Å². The van der Waals surface area contributed by atoms with Crippen LogP contribution in [0.15, 0.2) is 53.4 Å². The van der Waals surface area contributed by atoms with Crippen LogP contribution in [0.2, 0.25) is 5.02 Å². The molecule has 2 aromatic carbocycles. The van der Waals surface area contributed by atoms with Gasteiger partial charge in [0.1, 0.15) is 5.75 Å². The van der Waals surface area contributed by atoms with E-state index in [0.717, 1.165) is 11.3 Å². The Hall–Kier alpha value is -1.82. The first kappa shape index (κ1) is 18.0. The third-order valence-electron chi connectivity index (χ3n) is 3.45. The molecule has 0 bridgehead atoms. The predicted molar refractivity (Wildman–Crippen MR) is 109 cm³/mol. The number of benzene rings is 2. The Morgan fingerprint density at radius 1 is 1.16 bits per heavy atom. The summed E-state index contributed by atoms with van der Waals surface area (Å²) in [4.78, 5) is 14.9. The Morgan fingerprint density at radius 3 is 2.52 bits per heavy atom. The minimum absolute atomic E-state index is 0.0538. The van der Waals surface area contributed by atoms with Crippen LogP contribution in [0.4, 0.5) is 5.69 Å². The molecule has 1 amide bonds. The van der Waals surface area contributed by atoms with Crippen molar-refractivity contribution >= 4 is 57.6 Å². The van der Waals surface area contributed by atoms with Crippen LogP contribution in [0.3, 0.4) is 0 Å². The van der Waals surface area contributed by atoms with E-state index >= 15 is 0 Å². The zero-order chi connectivity index (χ0) is 18.0. The second kappa shape index (κ2) is 7.60. The fourth-order valence-corrected chi connectivity index (χ4v) is 3.80. The molecule has 0 saturated carbocycles. The second-order valence-electron chi connectivity index (χ2n) is 5.70. The molecule has 0 aliphatic carbocycles. The fourth-order valence-electron chi connectivity index (χ4n) is 2.38. The minimum atomic E-state index is -0.142. The van der Waals surface area contributed by atoms with Gasteiger partial charge in [-0.3, -0.25) is 9.69 Å². The van der Waals surface area contributed by atoms with Crippen LogP contribution in [0.25, 0.3) is 6.08 Å². The number of hydrogen-bond donors (Lipinski definition) is 0. The fraction of sp³-hybridized carbons (Fsp3) is 0.158. The molecule has 0 radical (unpaired) electrons. The molecular formula is C19H16ClNO2S2. The van der Waals surface area contributed by atoms with Gasteiger partial charge in [0.2, 0.25) is 0 Å². The molecule has 1 heterocycles. The van der Waals surface area contributed by atoms with Crippen molar-refractivity contribution in [2.24, 2.45) is 0 Å². The number of anilines is 1. The summed E-state index contributed by atoms with van der Waals surface area (Å²) in [5.41, 5.74) is 1.56. The van der Waals surface area contributed by atoms with Gasteiger partial charge in [0.15, 0.2) is 4.32 Å². The number of para-hydroxylation sites is 1. The molecule has 0 N–H and O–H groups in total. The zero-order valence-electron chi connectivity index (χ0n) is 13.7. The number of thiocarbonyl (C=S) groups is 1. The van der Waals surface area contributed by atoms with Crippen LogP contribution < -0.4 is 9.64 Å². The second-order valence-corrected chi connectivity index (χ2v) is 7.81. The molecule has 1 aliphatic rings. The molecule has 25 heavy (non-hydrogen) atoms. The molecule has 0 atom stereocenters. The van der Waals surface area contributed by atoms with Crippen LogP contribution in [0.1, 0.15) is 19.4 Å². The van der Waals surface area contributed by atoms with Crippen molar-refractivity contribution in [3.63, 3.8) is 0 Å². The van der Waals surface area contributed by atoms with Gasteiger partial charge in [-0.25, -0.2) is 0 Å². The van der Waals surface area contributed by atoms with Crippen LogP contribution in [-0.2, 0) is 4.79 Å². The highest BCUT2D eigenvalue weighted by molar-refractivity contribution is 8.27. The van der Waals surface area contributed by atoms with E-state index in [1.807, 2.05) is 44.2 Å². The number of ether oxygens (including phenoxy) is 1. The van der Waals surface area contributed by atoms with Crippen molar-refractivity contribution in [3.05, 3.63) is 64.0 Å². The number of nitrogens with zero attached hydrogens (tertiary/aromatic N) is 1. The van der Waals surface area contributed by atoms with E-state index in [-0.39, 0.29) is 12.0 Å². The Bertz CT molecular complexity index is 847. The lowest BCUT2D eigenvalue weighted by Crippen LogP contribution is -2.27. The smallest absolute Gasteiger partial charge is 0.270 e. The van der Waals surface area contributed by atoms with Gasteiger partial charge in [-0.05, 0) is 50.3 Å². The SMILES string of the molecule is CC(C)Oc1ccccc1/C=C1/SC(=S)N(c2ccc(Cl)cc2)C1=O. The van der Waals surface area contributed by atoms with E-state index in [0.29, 0.717) is 19.9 Å². The van der Waals surface area contributed by atoms with E-state index in [4.69, 9.17) is 28.6 Å². The Labute approximate surface area is 161 Å². The van der Waals surface area contributed by atoms with Crippen LogP contribution in [-0.4, -0.2) is 16.3 Å². The maximum atomic E-state index is 12.8. The quantitative estimate of drug-likeness (QED) is 0.507. The summed E-state index contributed by atoms with van der Waals surface area (Å²) in [6.07, 6.45) is 1.88. The van der Waals surface area contributed by atoms with Crippen LogP contribution in [0.5, 0.6) is 5.75 Å². The maximum Gasteiger partial charge on any atom is 0.270 e. The first-order chi connectivity index (χ1) is 12.0. The van der Waals surface area contributed by atoms with Crippen molar-refractivity contribution in [1.82, 2.24) is 0 Å². The number of carbonyl (C=O) groups is 1. The lowest BCUT2D eigenvalue weighted by atomic mass is 10.1. The van der Waals surface area contributed by atoms with Crippen LogP contribution in [0, 0.1) is 0 Å². The summed E-state index contributed by atoms with van der Waals surface area (Å²) in [7, 11) is 0. The molecule has 3 nitrogen and oxygen atoms in total. The normalized spacial score (nSPS) is 16.2. The average molecular weight is 390 g/mol. The van der Waals surface area contributed by atoms with Crippen molar-refractivity contribution in [2.45, 2.75) is 20.0 Å². The van der Waals surface area contributed by atoms with Gasteiger partial charge in [0.25, 0.3) is 5.91 Å². The highest BCUT2D eigenvalue weighted by Crippen LogP contribution is 2.37. The van der Waals surface area contributed by atoms with Crippen molar-refractivity contribution in [3.8, 4) is 5.75 Å². The summed E-state index contributed by atoms with van der Waals surface area (Å²) in [5.74, 6) is 0.603. The van der Waals surface area contributed by atoms with Gasteiger partial charge < -0.3 is 4.74 Å². The van der Waals surface area contributed by atoms with Gasteiger partial charge >= 0.3 is 0 Å². The van der Waals surface area contributed by atoms with Gasteiger partial charge in [0, 0.05) is 10.6 Å². The first-order valence-electron chi connectivity index (χ1n) is 7.75. The molecule has 0 spiro atoms. The number of thioether (sulfide) groups is 1. The largest absolute Gasteiger partial charge is 0.490 e. The molecular weight excluding hydrogens is 374 g/mol. The summed E-state index contributed by atoms with van der Waals surface area (Å²) < 4.78 is 6.32. The lowest BCUT2D eigenvalue weighted by molar-refractivity contribution is -0.113. The third kappa shape index (κ3) is 4.06. The highest BCUT2D eigenvalue weighted by atomic mass is 35.5. The number of carbonyl (C=O) groups excluding carboxylic acids is 1. The predicted octanol–water partition coefficient (Wildman–Crippen LogP) is 5.53. The number of halogens is 1. The number of hydrogen-bond acceptors (Lipinski definition) is 4. The lowest BCUT2D eigenvalue weighted by Gasteiger charge is -2.14. The summed E-state index contributed by atoms with van der Waals surface area (Å²) >= 11 is 12.6. The average Bonchev–Trinajstić information content (AvgIpc) is 2.84. The molecule has 1 aliphatic heterocycles. The molecule has 0 unspecified atom stereocenters. The van der Waals surface area contributed by atoms with E-state index in [2.05, 4.69) is 0 Å². The van der Waals surface area contributed by atoms with Crippen LogP contribution >= 0.6 is 35.6 Å². The van der Waals surface area contributed by atoms with Crippen molar-refractivity contribution in [2.75, 3.05) is 4.90 Å². The number of amides is 1. The number of rotatable bonds is 4. The van der Waals surface area contributed by atoms with E-state index < -0.39 is 0 Å². The van der Waals surface area contributed by atoms with Gasteiger partial charge in [-0.15, -0.1) is 0 Å². The highest BCUT2D eigenvalue weighted by Gasteiger charge is 2.33. The van der Waals surface area contributed by atoms with E-state index in [1.54, 1.807) is 24.3 Å². The molecule has 1 fully saturated rings. The third-order valence-corrected chi connectivity index (χ3v) is 5.00. The molecule has 3 rings (SSSR count). The molecule has 0 aromatic heterocycles. The Kier molecular flexibility index (Phi) is 5.47. The van der Waals surface area contributed by atoms with Crippen molar-refractivity contribution in [1.29, 1.82) is 0 Å². The van der Waals surface area contributed by atoms with Gasteiger partial charge in [-0.1, -0.05) is 53.8 Å². The molecule has 6 heteroatoms. The monoisotopic (exact) mass is 389 g/mol. The van der Waals surface area contributed by atoms with Gasteiger partial charge in [-0.2, -0.15) is 0 Å².